The van der Waals surface area contributed by atoms with Crippen molar-refractivity contribution in [3.05, 3.63) is 60.1 Å². The maximum atomic E-state index is 13.1. The highest BCUT2D eigenvalue weighted by Crippen LogP contribution is 2.48. The van der Waals surface area contributed by atoms with Crippen molar-refractivity contribution in [1.29, 1.82) is 0 Å². The number of H-pyrrole nitrogens is 1. The van der Waals surface area contributed by atoms with Crippen LogP contribution >= 0.6 is 30.2 Å². The van der Waals surface area contributed by atoms with E-state index in [0.29, 0.717) is 50.5 Å². The second kappa shape index (κ2) is 12.7. The van der Waals surface area contributed by atoms with Gasteiger partial charge in [-0.15, -0.1) is 6.42 Å². The summed E-state index contributed by atoms with van der Waals surface area (Å²) >= 11 is 2.29. The summed E-state index contributed by atoms with van der Waals surface area (Å²) in [6.45, 7) is 4.29. The SMILES string of the molecule is C#CCn1c(=O)c2[nH]c(CCc3ccccc3I)nc2n(CCCCP(=O)(OCC)OCC)c1=O. The van der Waals surface area contributed by atoms with Crippen LogP contribution in [-0.4, -0.2) is 38.5 Å². The molecule has 2 heterocycles. The standard InChI is InChI=1S/C24H30IN4O5P/c1-4-15-29-23(30)21-22(27-20(26-21)14-13-18-11-7-8-12-19(18)25)28(24(29)31)16-9-10-17-35(32,33-5-2)34-6-3/h1,7-8,11-12H,5-6,9-10,13-17H2,2-3H3,(H,26,27). The number of benzene rings is 1. The van der Waals surface area contributed by atoms with E-state index >= 15 is 0 Å². The van der Waals surface area contributed by atoms with Crippen LogP contribution in [-0.2, 0) is 39.5 Å². The van der Waals surface area contributed by atoms with Gasteiger partial charge in [0.05, 0.1) is 25.9 Å². The van der Waals surface area contributed by atoms with Crippen LogP contribution in [0.4, 0.5) is 0 Å². The fraction of sp³-hybridized carbons (Fsp3) is 0.458. The molecular formula is C24H30IN4O5P. The summed E-state index contributed by atoms with van der Waals surface area (Å²) in [6.07, 6.45) is 8.03. The van der Waals surface area contributed by atoms with Crippen molar-refractivity contribution < 1.29 is 13.6 Å². The highest BCUT2D eigenvalue weighted by Gasteiger charge is 2.23. The molecule has 0 fully saturated rings. The van der Waals surface area contributed by atoms with Gasteiger partial charge in [-0.05, 0) is 67.3 Å². The van der Waals surface area contributed by atoms with Crippen molar-refractivity contribution in [3.8, 4) is 12.3 Å². The molecule has 35 heavy (non-hydrogen) atoms. The van der Waals surface area contributed by atoms with Crippen LogP contribution in [0.15, 0.2) is 33.9 Å². The maximum absolute atomic E-state index is 13.1. The van der Waals surface area contributed by atoms with E-state index in [9.17, 15) is 14.2 Å². The lowest BCUT2D eigenvalue weighted by Crippen LogP contribution is -2.40. The smallest absolute Gasteiger partial charge is 0.333 e. The Morgan fingerprint density at radius 1 is 1.11 bits per heavy atom. The molecule has 1 N–H and O–H groups in total. The van der Waals surface area contributed by atoms with Gasteiger partial charge in [0.2, 0.25) is 0 Å². The number of hydrogen-bond acceptors (Lipinski definition) is 6. The Morgan fingerprint density at radius 2 is 1.83 bits per heavy atom. The third kappa shape index (κ3) is 6.73. The van der Waals surface area contributed by atoms with Crippen molar-refractivity contribution in [2.45, 2.75) is 52.6 Å². The molecule has 3 aromatic rings. The molecule has 188 valence electrons. The number of halogens is 1. The quantitative estimate of drug-likeness (QED) is 0.136. The van der Waals surface area contributed by atoms with Gasteiger partial charge in [0.15, 0.2) is 5.65 Å². The number of terminal acetylenes is 1. The normalized spacial score (nSPS) is 11.7. The zero-order valence-electron chi connectivity index (χ0n) is 20.0. The van der Waals surface area contributed by atoms with E-state index in [1.807, 2.05) is 18.2 Å². The lowest BCUT2D eigenvalue weighted by Gasteiger charge is -2.17. The molecule has 0 radical (unpaired) electrons. The molecule has 0 amide bonds. The zero-order valence-corrected chi connectivity index (χ0v) is 23.0. The van der Waals surface area contributed by atoms with Crippen molar-refractivity contribution in [2.24, 2.45) is 0 Å². The molecule has 0 saturated heterocycles. The largest absolute Gasteiger partial charge is 0.336 e. The predicted molar refractivity (Wildman–Crippen MR) is 145 cm³/mol. The summed E-state index contributed by atoms with van der Waals surface area (Å²) in [5, 5.41) is 0. The number of nitrogens with one attached hydrogen (secondary N) is 1. The van der Waals surface area contributed by atoms with Crippen LogP contribution in [0.3, 0.4) is 0 Å². The van der Waals surface area contributed by atoms with Crippen LogP contribution in [0, 0.1) is 15.9 Å². The Hall–Kier alpha value is -2.19. The van der Waals surface area contributed by atoms with Crippen molar-refractivity contribution in [2.75, 3.05) is 19.4 Å². The van der Waals surface area contributed by atoms with Gasteiger partial charge >= 0.3 is 13.3 Å². The van der Waals surface area contributed by atoms with Gasteiger partial charge in [-0.1, -0.05) is 24.1 Å². The van der Waals surface area contributed by atoms with Gasteiger partial charge in [-0.2, -0.15) is 0 Å². The van der Waals surface area contributed by atoms with Gasteiger partial charge in [-0.25, -0.2) is 14.3 Å². The second-order valence-corrected chi connectivity index (χ2v) is 11.2. The Labute approximate surface area is 217 Å². The molecule has 0 spiro atoms. The Morgan fingerprint density at radius 3 is 2.49 bits per heavy atom. The first-order chi connectivity index (χ1) is 16.8. The Bertz CT molecular complexity index is 1360. The summed E-state index contributed by atoms with van der Waals surface area (Å²) in [4.78, 5) is 33.8. The van der Waals surface area contributed by atoms with E-state index in [0.717, 1.165) is 14.6 Å². The van der Waals surface area contributed by atoms with Crippen molar-refractivity contribution in [3.63, 3.8) is 0 Å². The van der Waals surface area contributed by atoms with Crippen LogP contribution in [0.25, 0.3) is 11.2 Å². The molecule has 0 aliphatic rings. The topological polar surface area (TPSA) is 108 Å². The average Bonchev–Trinajstić information content (AvgIpc) is 3.25. The number of aromatic nitrogens is 4. The molecule has 0 aliphatic carbocycles. The molecule has 0 aliphatic heterocycles. The fourth-order valence-electron chi connectivity index (χ4n) is 3.85. The van der Waals surface area contributed by atoms with Crippen LogP contribution in [0.5, 0.6) is 0 Å². The summed E-state index contributed by atoms with van der Waals surface area (Å²) < 4.78 is 27.0. The van der Waals surface area contributed by atoms with E-state index in [1.54, 1.807) is 13.8 Å². The number of aryl methyl sites for hydroxylation is 3. The number of rotatable bonds is 13. The van der Waals surface area contributed by atoms with Crippen LogP contribution in [0.2, 0.25) is 0 Å². The van der Waals surface area contributed by atoms with E-state index in [1.165, 1.54) is 10.1 Å². The van der Waals surface area contributed by atoms with E-state index in [4.69, 9.17) is 15.5 Å². The first kappa shape index (κ1) is 27.4. The molecule has 1 aromatic carbocycles. The van der Waals surface area contributed by atoms with Gasteiger partial charge in [-0.3, -0.25) is 13.9 Å². The minimum atomic E-state index is -3.16. The number of hydrogen-bond donors (Lipinski definition) is 1. The van der Waals surface area contributed by atoms with Crippen molar-refractivity contribution >= 4 is 41.4 Å². The number of unbranched alkanes of at least 4 members (excludes halogenated alkanes) is 1. The number of aromatic amines is 1. The molecule has 0 atom stereocenters. The molecule has 9 nitrogen and oxygen atoms in total. The summed E-state index contributed by atoms with van der Waals surface area (Å²) in [7, 11) is -3.16. The number of fused-ring (bicyclic) bond motifs is 1. The molecule has 0 bridgehead atoms. The van der Waals surface area contributed by atoms with Gasteiger partial charge in [0.1, 0.15) is 11.3 Å². The Kier molecular flexibility index (Phi) is 9.92. The third-order valence-electron chi connectivity index (χ3n) is 5.46. The summed E-state index contributed by atoms with van der Waals surface area (Å²) in [6, 6.07) is 8.08. The number of imidazole rings is 1. The summed E-state index contributed by atoms with van der Waals surface area (Å²) in [5.74, 6) is 3.00. The van der Waals surface area contributed by atoms with Gasteiger partial charge in [0, 0.05) is 16.5 Å². The summed E-state index contributed by atoms with van der Waals surface area (Å²) in [5.41, 5.74) is 0.762. The molecular weight excluding hydrogens is 582 g/mol. The average molecular weight is 612 g/mol. The van der Waals surface area contributed by atoms with Crippen molar-refractivity contribution in [1.82, 2.24) is 19.1 Å². The first-order valence-corrected chi connectivity index (χ1v) is 14.4. The second-order valence-electron chi connectivity index (χ2n) is 7.88. The highest BCUT2D eigenvalue weighted by atomic mass is 127. The Balaban J connectivity index is 1.86. The molecule has 0 unspecified atom stereocenters. The monoisotopic (exact) mass is 612 g/mol. The van der Waals surface area contributed by atoms with Gasteiger partial charge < -0.3 is 14.0 Å². The minimum absolute atomic E-state index is 0.131. The molecule has 3 rings (SSSR count). The van der Waals surface area contributed by atoms with Gasteiger partial charge in [0.25, 0.3) is 5.56 Å². The maximum Gasteiger partial charge on any atom is 0.333 e. The fourth-order valence-corrected chi connectivity index (χ4v) is 6.24. The lowest BCUT2D eigenvalue weighted by molar-refractivity contribution is 0.219. The minimum Gasteiger partial charge on any atom is -0.336 e. The predicted octanol–water partition coefficient (Wildman–Crippen LogP) is 3.96. The lowest BCUT2D eigenvalue weighted by atomic mass is 10.1. The van der Waals surface area contributed by atoms with Crippen LogP contribution in [0.1, 0.15) is 38.1 Å². The third-order valence-corrected chi connectivity index (χ3v) is 8.68. The first-order valence-electron chi connectivity index (χ1n) is 11.6. The number of nitrogens with zero attached hydrogens (tertiary/aromatic N) is 3. The van der Waals surface area contributed by atoms with E-state index < -0.39 is 18.8 Å². The van der Waals surface area contributed by atoms with E-state index in [-0.39, 0.29) is 18.2 Å². The highest BCUT2D eigenvalue weighted by molar-refractivity contribution is 14.1. The van der Waals surface area contributed by atoms with E-state index in [2.05, 4.69) is 44.5 Å². The molecule has 0 saturated carbocycles. The molecule has 2 aromatic heterocycles. The van der Waals surface area contributed by atoms with Crippen LogP contribution < -0.4 is 11.2 Å². The zero-order chi connectivity index (χ0) is 25.4. The molecule has 11 heteroatoms.